The number of aromatic nitrogens is 8. The molecule has 10 nitrogen and oxygen atoms in total. The Bertz CT molecular complexity index is 1980. The van der Waals surface area contributed by atoms with Crippen molar-refractivity contribution in [3.8, 4) is 28.5 Å². The van der Waals surface area contributed by atoms with E-state index in [1.807, 2.05) is 66.2 Å². The van der Waals surface area contributed by atoms with Gasteiger partial charge in [-0.05, 0) is 49.4 Å². The quantitative estimate of drug-likeness (QED) is 0.287. The zero-order valence-corrected chi connectivity index (χ0v) is 20.8. The van der Waals surface area contributed by atoms with Crippen LogP contribution in [0, 0.1) is 6.92 Å². The highest BCUT2D eigenvalue weighted by Crippen LogP contribution is 2.31. The number of aryl methyl sites for hydroxylation is 1. The van der Waals surface area contributed by atoms with Gasteiger partial charge in [-0.25, -0.2) is 15.0 Å². The number of H-pyrrole nitrogens is 2. The van der Waals surface area contributed by atoms with Crippen LogP contribution in [-0.4, -0.2) is 45.6 Å². The van der Waals surface area contributed by atoms with Gasteiger partial charge < -0.3 is 10.3 Å². The van der Waals surface area contributed by atoms with Crippen LogP contribution in [0.25, 0.3) is 50.4 Å². The first-order valence-electron chi connectivity index (χ1n) is 12.3. The molecule has 1 amide bonds. The summed E-state index contributed by atoms with van der Waals surface area (Å²) in [5.74, 6) is 0.582. The van der Waals surface area contributed by atoms with Crippen LogP contribution in [-0.2, 0) is 0 Å². The smallest absolute Gasteiger partial charge is 0.255 e. The summed E-state index contributed by atoms with van der Waals surface area (Å²) < 4.78 is 1.91. The number of nitrogens with zero attached hydrogens (tertiary/aromatic N) is 6. The maximum Gasteiger partial charge on any atom is 0.255 e. The number of rotatable bonds is 5. The second-order valence-electron chi connectivity index (χ2n) is 9.15. The molecule has 0 aliphatic rings. The zero-order chi connectivity index (χ0) is 26.3. The number of benzene rings is 1. The van der Waals surface area contributed by atoms with Crippen molar-refractivity contribution in [1.29, 1.82) is 0 Å². The van der Waals surface area contributed by atoms with Crippen LogP contribution in [0.1, 0.15) is 16.1 Å². The number of imidazole rings is 1. The molecule has 0 aliphatic heterocycles. The van der Waals surface area contributed by atoms with Crippen molar-refractivity contribution in [3.63, 3.8) is 0 Å². The number of anilines is 1. The fraction of sp³-hybridized carbons (Fsp3) is 0.0345. The molecule has 0 unspecified atom stereocenters. The molecule has 0 fully saturated rings. The fourth-order valence-electron chi connectivity index (χ4n) is 4.60. The lowest BCUT2D eigenvalue weighted by Gasteiger charge is -2.07. The Morgan fingerprint density at radius 1 is 0.974 bits per heavy atom. The van der Waals surface area contributed by atoms with Crippen molar-refractivity contribution >= 4 is 33.5 Å². The van der Waals surface area contributed by atoms with Crippen molar-refractivity contribution in [2.24, 2.45) is 0 Å². The van der Waals surface area contributed by atoms with Gasteiger partial charge in [0.1, 0.15) is 23.4 Å². The van der Waals surface area contributed by atoms with E-state index >= 15 is 0 Å². The summed E-state index contributed by atoms with van der Waals surface area (Å²) in [5, 5.41) is 11.5. The first-order chi connectivity index (χ1) is 19.1. The number of amides is 1. The van der Waals surface area contributed by atoms with Gasteiger partial charge in [-0.15, -0.1) is 0 Å². The number of aromatic amines is 2. The Labute approximate surface area is 221 Å². The van der Waals surface area contributed by atoms with Gasteiger partial charge in [-0.1, -0.05) is 18.2 Å². The average molecular weight is 512 g/mol. The summed E-state index contributed by atoms with van der Waals surface area (Å²) in [5.41, 5.74) is 7.51. The van der Waals surface area contributed by atoms with E-state index in [0.29, 0.717) is 28.2 Å². The van der Waals surface area contributed by atoms with E-state index in [9.17, 15) is 4.79 Å². The molecule has 7 rings (SSSR count). The highest BCUT2D eigenvalue weighted by Gasteiger charge is 2.16. The van der Waals surface area contributed by atoms with Crippen LogP contribution in [0.4, 0.5) is 5.69 Å². The Morgan fingerprint density at radius 3 is 2.72 bits per heavy atom. The van der Waals surface area contributed by atoms with E-state index < -0.39 is 0 Å². The second-order valence-corrected chi connectivity index (χ2v) is 9.15. The molecule has 0 saturated heterocycles. The molecule has 0 radical (unpaired) electrons. The molecule has 6 heterocycles. The molecule has 188 valence electrons. The summed E-state index contributed by atoms with van der Waals surface area (Å²) in [6.45, 7) is 1.95. The minimum absolute atomic E-state index is 0.200. The van der Waals surface area contributed by atoms with Crippen LogP contribution >= 0.6 is 0 Å². The van der Waals surface area contributed by atoms with Gasteiger partial charge in [-0.3, -0.25) is 19.4 Å². The van der Waals surface area contributed by atoms with Gasteiger partial charge in [0.25, 0.3) is 5.91 Å². The Balaban J connectivity index is 1.25. The van der Waals surface area contributed by atoms with Crippen molar-refractivity contribution in [2.75, 3.05) is 5.32 Å². The maximum absolute atomic E-state index is 12.6. The van der Waals surface area contributed by atoms with Gasteiger partial charge in [0, 0.05) is 35.1 Å². The average Bonchev–Trinajstić information content (AvgIpc) is 3.71. The van der Waals surface area contributed by atoms with Crippen LogP contribution in [0.3, 0.4) is 0 Å². The van der Waals surface area contributed by atoms with Crippen molar-refractivity contribution < 1.29 is 4.79 Å². The normalized spacial score (nSPS) is 11.3. The molecule has 0 saturated carbocycles. The molecule has 0 aliphatic carbocycles. The second kappa shape index (κ2) is 9.03. The minimum atomic E-state index is -0.200. The van der Waals surface area contributed by atoms with E-state index in [-0.39, 0.29) is 5.91 Å². The Kier molecular flexibility index (Phi) is 5.22. The molecule has 7 aromatic rings. The lowest BCUT2D eigenvalue weighted by molar-refractivity contribution is 0.102. The highest BCUT2D eigenvalue weighted by molar-refractivity contribution is 6.04. The molecule has 0 atom stereocenters. The number of hydrogen-bond acceptors (Lipinski definition) is 6. The van der Waals surface area contributed by atoms with Gasteiger partial charge >= 0.3 is 0 Å². The number of carbonyl (C=O) groups excluding carboxylic acids is 1. The highest BCUT2D eigenvalue weighted by atomic mass is 16.1. The predicted octanol–water partition coefficient (Wildman–Crippen LogP) is 5.31. The SMILES string of the molecule is Cc1cn(-c2nccc3[nH]c(-c4n[nH]c5ccc(-c6cncc(NC(=O)c7ccccc7)c6)nc45)cc23)cn1. The van der Waals surface area contributed by atoms with E-state index in [0.717, 1.165) is 39.2 Å². The van der Waals surface area contributed by atoms with E-state index in [2.05, 4.69) is 35.5 Å². The summed E-state index contributed by atoms with van der Waals surface area (Å²) in [4.78, 5) is 34.2. The van der Waals surface area contributed by atoms with Gasteiger partial charge in [0.05, 0.1) is 40.0 Å². The van der Waals surface area contributed by atoms with Gasteiger partial charge in [0.2, 0.25) is 0 Å². The zero-order valence-electron chi connectivity index (χ0n) is 20.8. The van der Waals surface area contributed by atoms with Gasteiger partial charge in [-0.2, -0.15) is 5.10 Å². The first kappa shape index (κ1) is 22.5. The first-order valence-corrected chi connectivity index (χ1v) is 12.3. The Morgan fingerprint density at radius 2 is 1.87 bits per heavy atom. The number of carbonyl (C=O) groups is 1. The summed E-state index contributed by atoms with van der Waals surface area (Å²) >= 11 is 0. The lowest BCUT2D eigenvalue weighted by Crippen LogP contribution is -2.11. The Hall–Kier alpha value is -5.64. The third kappa shape index (κ3) is 4.09. The molecule has 0 bridgehead atoms. The standard InChI is InChI=1S/C29H21N9O/c1-17-15-38(16-32-17)28-21-12-25(34-23(21)9-10-31-28)27-26-24(36-37-27)8-7-22(35-26)19-11-20(14-30-13-19)33-29(39)18-5-3-2-4-6-18/h2-16,34H,1H3,(H,33,39)(H,36,37). The molecular formula is C29H21N9O. The molecule has 6 aromatic heterocycles. The molecule has 3 N–H and O–H groups in total. The van der Waals surface area contributed by atoms with E-state index in [1.165, 1.54) is 0 Å². The van der Waals surface area contributed by atoms with Crippen molar-refractivity contribution in [1.82, 2.24) is 39.7 Å². The van der Waals surface area contributed by atoms with Crippen molar-refractivity contribution in [2.45, 2.75) is 6.92 Å². The minimum Gasteiger partial charge on any atom is -0.353 e. The lowest BCUT2D eigenvalue weighted by atomic mass is 10.1. The third-order valence-electron chi connectivity index (χ3n) is 6.47. The van der Waals surface area contributed by atoms with Crippen LogP contribution in [0.2, 0.25) is 0 Å². The molecule has 10 heteroatoms. The fourth-order valence-corrected chi connectivity index (χ4v) is 4.60. The van der Waals surface area contributed by atoms with Gasteiger partial charge in [0.15, 0.2) is 0 Å². The molecule has 1 aromatic carbocycles. The monoisotopic (exact) mass is 511 g/mol. The van der Waals surface area contributed by atoms with E-state index in [4.69, 9.17) is 4.98 Å². The summed E-state index contributed by atoms with van der Waals surface area (Å²) in [6.07, 6.45) is 8.80. The summed E-state index contributed by atoms with van der Waals surface area (Å²) in [6, 6.07) is 18.7. The number of nitrogens with one attached hydrogen (secondary N) is 3. The molecular weight excluding hydrogens is 490 g/mol. The maximum atomic E-state index is 12.6. The van der Waals surface area contributed by atoms with Crippen LogP contribution in [0.15, 0.2) is 91.8 Å². The number of fused-ring (bicyclic) bond motifs is 2. The largest absolute Gasteiger partial charge is 0.353 e. The topological polar surface area (TPSA) is 130 Å². The third-order valence-corrected chi connectivity index (χ3v) is 6.47. The van der Waals surface area contributed by atoms with Crippen LogP contribution < -0.4 is 5.32 Å². The number of hydrogen-bond donors (Lipinski definition) is 3. The molecule has 39 heavy (non-hydrogen) atoms. The van der Waals surface area contributed by atoms with E-state index in [1.54, 1.807) is 37.1 Å². The number of pyridine rings is 3. The van der Waals surface area contributed by atoms with Crippen molar-refractivity contribution in [3.05, 3.63) is 103 Å². The summed E-state index contributed by atoms with van der Waals surface area (Å²) in [7, 11) is 0. The van der Waals surface area contributed by atoms with Crippen LogP contribution in [0.5, 0.6) is 0 Å². The molecule has 0 spiro atoms. The predicted molar refractivity (Wildman–Crippen MR) is 148 cm³/mol.